The highest BCUT2D eigenvalue weighted by Gasteiger charge is 2.34. The Balaban J connectivity index is 4.05. The number of hydrogen-bond donors (Lipinski definition) is 0. The molecule has 1 aromatic rings. The zero-order valence-corrected chi connectivity index (χ0v) is 9.49. The quantitative estimate of drug-likeness (QED) is 0.152. The van der Waals surface area contributed by atoms with E-state index in [1.165, 1.54) is 0 Å². The first-order valence-electron chi connectivity index (χ1n) is 4.71. The van der Waals surface area contributed by atoms with Gasteiger partial charge in [-0.2, -0.15) is 0 Å². The largest absolute Gasteiger partial charge is 0.282 e. The summed E-state index contributed by atoms with van der Waals surface area (Å²) in [7, 11) is 0. The lowest BCUT2D eigenvalue weighted by Crippen LogP contribution is -2.47. The average molecular weight is 304 g/mol. The van der Waals surface area contributed by atoms with E-state index in [2.05, 4.69) is 15.1 Å². The summed E-state index contributed by atoms with van der Waals surface area (Å²) >= 11 is 0. The van der Waals surface area contributed by atoms with Crippen LogP contribution in [0, 0.1) is 29.1 Å². The zero-order valence-electron chi connectivity index (χ0n) is 9.49. The molecule has 15 heteroatoms. The van der Waals surface area contributed by atoms with Gasteiger partial charge >= 0.3 is 0 Å². The molecule has 0 aromatic heterocycles. The Hall–Kier alpha value is -3.14. The number of hydrogen-bond acceptors (Lipinski definition) is 3. The Labute approximate surface area is 110 Å². The molecule has 0 saturated heterocycles. The van der Waals surface area contributed by atoms with Crippen molar-refractivity contribution >= 4 is 12.0 Å². The van der Waals surface area contributed by atoms with Crippen LogP contribution in [0.2, 0.25) is 0 Å². The molecule has 0 unspecified atom stereocenters. The third-order valence-corrected chi connectivity index (χ3v) is 2.27. The van der Waals surface area contributed by atoms with Gasteiger partial charge in [-0.3, -0.25) is 15.1 Å². The Morgan fingerprint density at radius 3 is 1.19 bits per heavy atom. The summed E-state index contributed by atoms with van der Waals surface area (Å²) in [5.74, 6) is -12.1. The van der Waals surface area contributed by atoms with Crippen LogP contribution in [0.15, 0.2) is 15.1 Å². The standard InChI is InChI=1S/C6BF5N9/c8-2-1(3(9)5(11)6(12)4(2)10)7(16-19-13,17-20-14)18-21-15/q-1. The van der Waals surface area contributed by atoms with Gasteiger partial charge in [0.05, 0.1) is 0 Å². The van der Waals surface area contributed by atoms with Crippen molar-refractivity contribution in [3.8, 4) is 0 Å². The molecule has 0 amide bonds. The molecule has 0 heterocycles. The molecule has 9 nitrogen and oxygen atoms in total. The maximum absolute atomic E-state index is 13.6. The summed E-state index contributed by atoms with van der Waals surface area (Å²) in [5.41, 5.74) is 23.0. The Kier molecular flexibility index (Phi) is 4.46. The lowest BCUT2D eigenvalue weighted by Gasteiger charge is -2.27. The summed E-state index contributed by atoms with van der Waals surface area (Å²) in [5, 5.41) is 7.82. The first-order valence-corrected chi connectivity index (χ1v) is 4.71. The van der Waals surface area contributed by atoms with Crippen LogP contribution in [0.1, 0.15) is 0 Å². The van der Waals surface area contributed by atoms with Crippen LogP contribution >= 0.6 is 0 Å². The van der Waals surface area contributed by atoms with E-state index in [0.29, 0.717) is 0 Å². The van der Waals surface area contributed by atoms with E-state index in [9.17, 15) is 22.0 Å². The monoisotopic (exact) mass is 304 g/mol. The van der Waals surface area contributed by atoms with Crippen LogP contribution in [0.5, 0.6) is 0 Å². The average Bonchev–Trinajstić information content (AvgIpc) is 2.44. The Morgan fingerprint density at radius 2 is 0.905 bits per heavy atom. The molecule has 0 aliphatic heterocycles. The predicted molar refractivity (Wildman–Crippen MR) is 59.1 cm³/mol. The highest BCUT2D eigenvalue weighted by atomic mass is 19.2. The smallest absolute Gasteiger partial charge is 0.275 e. The lowest BCUT2D eigenvalue weighted by molar-refractivity contribution is 0.383. The first kappa shape index (κ1) is 15.9. The molecule has 21 heavy (non-hydrogen) atoms. The number of azide groups is 1. The Morgan fingerprint density at radius 1 is 0.619 bits per heavy atom. The van der Waals surface area contributed by atoms with Crippen molar-refractivity contribution in [1.29, 1.82) is 0 Å². The molecule has 0 fully saturated rings. The summed E-state index contributed by atoms with van der Waals surface area (Å²) < 4.78 is 66.3. The SMILES string of the molecule is [N-]=[N+]=N[B-](N=[N+]=[N-])(N=[N+]=[N-])c1c(F)c(F)c(F)c(F)c1F. The summed E-state index contributed by atoms with van der Waals surface area (Å²) in [4.78, 5) is 6.11. The fourth-order valence-electron chi connectivity index (χ4n) is 1.42. The molecule has 108 valence electrons. The molecule has 0 aliphatic rings. The first-order chi connectivity index (χ1) is 9.86. The summed E-state index contributed by atoms with van der Waals surface area (Å²) in [6.07, 6.45) is 0. The van der Waals surface area contributed by atoms with Gasteiger partial charge in [0.25, 0.3) is 6.55 Å². The second kappa shape index (κ2) is 5.88. The van der Waals surface area contributed by atoms with Crippen LogP contribution < -0.4 is 5.46 Å². The molecule has 0 atom stereocenters. The van der Waals surface area contributed by atoms with Crippen molar-refractivity contribution in [2.75, 3.05) is 0 Å². The minimum Gasteiger partial charge on any atom is -0.282 e. The van der Waals surface area contributed by atoms with Gasteiger partial charge in [0, 0.05) is 0 Å². The zero-order chi connectivity index (χ0) is 16.2. The maximum Gasteiger partial charge on any atom is 0.275 e. The topological polar surface area (TPSA) is 146 Å². The van der Waals surface area contributed by atoms with Gasteiger partial charge < -0.3 is 0 Å². The molecule has 0 N–H and O–H groups in total. The van der Waals surface area contributed by atoms with Crippen LogP contribution in [-0.2, 0) is 0 Å². The van der Waals surface area contributed by atoms with Crippen LogP contribution in [-0.4, -0.2) is 6.55 Å². The van der Waals surface area contributed by atoms with Gasteiger partial charge in [0.1, 0.15) is 11.6 Å². The third-order valence-electron chi connectivity index (χ3n) is 2.27. The second-order valence-electron chi connectivity index (χ2n) is 3.33. The molecule has 0 aliphatic carbocycles. The number of nitrogens with zero attached hydrogens (tertiary/aromatic N) is 9. The van der Waals surface area contributed by atoms with E-state index in [1.807, 2.05) is 14.7 Å². The summed E-state index contributed by atoms with van der Waals surface area (Å²) in [6, 6.07) is 0. The van der Waals surface area contributed by atoms with E-state index < -0.39 is 41.1 Å². The highest BCUT2D eigenvalue weighted by molar-refractivity contribution is 6.87. The van der Waals surface area contributed by atoms with E-state index in [1.54, 1.807) is 0 Å². The predicted octanol–water partition coefficient (Wildman–Crippen LogP) is 3.46. The van der Waals surface area contributed by atoms with Crippen molar-refractivity contribution < 1.29 is 22.0 Å². The number of benzene rings is 1. The molecule has 0 spiro atoms. The molecular formula is C6BF5N9-. The molecule has 1 rings (SSSR count). The second-order valence-corrected chi connectivity index (χ2v) is 3.33. The van der Waals surface area contributed by atoms with Crippen LogP contribution in [0.4, 0.5) is 22.0 Å². The van der Waals surface area contributed by atoms with Crippen molar-refractivity contribution in [1.82, 2.24) is 0 Å². The van der Waals surface area contributed by atoms with Crippen molar-refractivity contribution in [2.24, 2.45) is 15.1 Å². The van der Waals surface area contributed by atoms with Crippen molar-refractivity contribution in [3.05, 3.63) is 60.4 Å². The van der Waals surface area contributed by atoms with Crippen molar-refractivity contribution in [3.63, 3.8) is 0 Å². The minimum absolute atomic E-state index is 1.83. The minimum atomic E-state index is -4.16. The fourth-order valence-corrected chi connectivity index (χ4v) is 1.42. The highest BCUT2D eigenvalue weighted by Crippen LogP contribution is 2.22. The lowest BCUT2D eigenvalue weighted by atomic mass is 9.56. The molecule has 0 bridgehead atoms. The van der Waals surface area contributed by atoms with E-state index >= 15 is 0 Å². The maximum atomic E-state index is 13.6. The molecular weight excluding hydrogens is 304 g/mol. The third kappa shape index (κ3) is 2.47. The van der Waals surface area contributed by atoms with E-state index in [-0.39, 0.29) is 0 Å². The van der Waals surface area contributed by atoms with Crippen LogP contribution in [0.3, 0.4) is 0 Å². The number of halogens is 5. The molecule has 0 saturated carbocycles. The molecule has 1 aromatic carbocycles. The van der Waals surface area contributed by atoms with Crippen LogP contribution in [0.25, 0.3) is 31.3 Å². The van der Waals surface area contributed by atoms with Gasteiger partial charge in [0.2, 0.25) is 0 Å². The Bertz CT molecular complexity index is 671. The van der Waals surface area contributed by atoms with Gasteiger partial charge in [-0.1, -0.05) is 0 Å². The van der Waals surface area contributed by atoms with Gasteiger partial charge in [-0.25, -0.2) is 22.0 Å². The van der Waals surface area contributed by atoms with Gasteiger partial charge in [-0.05, 0) is 31.3 Å². The van der Waals surface area contributed by atoms with Gasteiger partial charge in [-0.15, -0.1) is 5.46 Å². The van der Waals surface area contributed by atoms with E-state index in [4.69, 9.17) is 16.6 Å². The fraction of sp³-hybridized carbons (Fsp3) is 0. The number of rotatable bonds is 4. The normalized spacial score (nSPS) is 12.4. The van der Waals surface area contributed by atoms with E-state index in [0.717, 1.165) is 0 Å². The summed E-state index contributed by atoms with van der Waals surface area (Å²) in [6.45, 7) is -4.16. The molecule has 0 radical (unpaired) electrons. The van der Waals surface area contributed by atoms with Crippen molar-refractivity contribution in [2.45, 2.75) is 0 Å². The van der Waals surface area contributed by atoms with Gasteiger partial charge in [0.15, 0.2) is 17.5 Å².